The van der Waals surface area contributed by atoms with Crippen LogP contribution < -0.4 is 14.8 Å². The molecule has 0 aliphatic heterocycles. The van der Waals surface area contributed by atoms with Gasteiger partial charge in [0.2, 0.25) is 5.95 Å². The molecule has 0 bridgehead atoms. The molecule has 0 saturated heterocycles. The molecule has 8 heteroatoms. The van der Waals surface area contributed by atoms with Crippen LogP contribution >= 0.6 is 0 Å². The van der Waals surface area contributed by atoms with Crippen molar-refractivity contribution < 1.29 is 9.47 Å². The first-order chi connectivity index (χ1) is 18.6. The van der Waals surface area contributed by atoms with Gasteiger partial charge in [0, 0.05) is 29.6 Å². The van der Waals surface area contributed by atoms with Gasteiger partial charge in [0.1, 0.15) is 24.7 Å². The molecule has 2 N–H and O–H groups in total. The molecule has 0 spiro atoms. The molecule has 0 radical (unpaired) electrons. The van der Waals surface area contributed by atoms with E-state index in [1.165, 1.54) is 0 Å². The summed E-state index contributed by atoms with van der Waals surface area (Å²) in [5.74, 6) is 2.13. The monoisotopic (exact) mass is 506 g/mol. The van der Waals surface area contributed by atoms with Crippen LogP contribution in [0.2, 0.25) is 0 Å². The van der Waals surface area contributed by atoms with E-state index < -0.39 is 0 Å². The van der Waals surface area contributed by atoms with E-state index in [0.29, 0.717) is 19.2 Å². The average molecular weight is 507 g/mol. The van der Waals surface area contributed by atoms with Crippen LogP contribution in [0.25, 0.3) is 22.5 Å². The Bertz CT molecular complexity index is 1430. The lowest BCUT2D eigenvalue weighted by Gasteiger charge is -2.11. The molecule has 5 rings (SSSR count). The van der Waals surface area contributed by atoms with E-state index in [-0.39, 0.29) is 0 Å². The van der Waals surface area contributed by atoms with Gasteiger partial charge >= 0.3 is 0 Å². The number of aromatic amines is 1. The standard InChI is InChI=1S/C30H30N6O2/c1-36(2)18-19-37-25-14-10-24(11-15-25)33-30-31-17-16-28(34-30)27-20-32-35-29(27)23-8-12-26(13-9-23)38-21-22-6-4-3-5-7-22/h3-17,20H,18-19,21H2,1-2H3,(H,32,35)(H,31,33,34). The number of nitrogens with zero attached hydrogens (tertiary/aromatic N) is 4. The molecular weight excluding hydrogens is 476 g/mol. The number of hydrogen-bond donors (Lipinski definition) is 2. The summed E-state index contributed by atoms with van der Waals surface area (Å²) in [7, 11) is 4.05. The molecule has 0 amide bonds. The molecule has 0 unspecified atom stereocenters. The molecule has 0 aliphatic carbocycles. The Morgan fingerprint density at radius 3 is 2.34 bits per heavy atom. The molecule has 5 aromatic rings. The van der Waals surface area contributed by atoms with Gasteiger partial charge < -0.3 is 19.7 Å². The van der Waals surface area contributed by atoms with Crippen LogP contribution in [0.4, 0.5) is 11.6 Å². The third-order valence-electron chi connectivity index (χ3n) is 5.88. The van der Waals surface area contributed by atoms with Gasteiger partial charge in [-0.15, -0.1) is 0 Å². The Labute approximate surface area is 222 Å². The minimum atomic E-state index is 0.501. The Morgan fingerprint density at radius 1 is 0.842 bits per heavy atom. The fourth-order valence-corrected chi connectivity index (χ4v) is 3.84. The van der Waals surface area contributed by atoms with Crippen molar-refractivity contribution in [2.75, 3.05) is 32.6 Å². The predicted octanol–water partition coefficient (Wildman–Crippen LogP) is 5.80. The number of rotatable bonds is 11. The highest BCUT2D eigenvalue weighted by molar-refractivity contribution is 5.79. The van der Waals surface area contributed by atoms with Crippen molar-refractivity contribution in [2.24, 2.45) is 0 Å². The molecule has 0 aliphatic rings. The predicted molar refractivity (Wildman–Crippen MR) is 150 cm³/mol. The maximum absolute atomic E-state index is 5.92. The number of hydrogen-bond acceptors (Lipinski definition) is 7. The van der Waals surface area contributed by atoms with Crippen LogP contribution in [0.5, 0.6) is 11.5 Å². The number of nitrogens with one attached hydrogen (secondary N) is 2. The van der Waals surface area contributed by atoms with Gasteiger partial charge in [0.05, 0.1) is 17.6 Å². The van der Waals surface area contributed by atoms with Crippen molar-refractivity contribution in [3.8, 4) is 34.0 Å². The van der Waals surface area contributed by atoms with Gasteiger partial charge in [-0.3, -0.25) is 5.10 Å². The molecule has 2 heterocycles. The minimum Gasteiger partial charge on any atom is -0.492 e. The molecule has 192 valence electrons. The first-order valence-corrected chi connectivity index (χ1v) is 12.4. The Morgan fingerprint density at radius 2 is 1.58 bits per heavy atom. The smallest absolute Gasteiger partial charge is 0.227 e. The van der Waals surface area contributed by atoms with Gasteiger partial charge in [0.15, 0.2) is 0 Å². The summed E-state index contributed by atoms with van der Waals surface area (Å²) < 4.78 is 11.7. The molecule has 0 fully saturated rings. The number of ether oxygens (including phenoxy) is 2. The van der Waals surface area contributed by atoms with Gasteiger partial charge in [-0.05, 0) is 74.3 Å². The number of benzene rings is 3. The van der Waals surface area contributed by atoms with Crippen LogP contribution in [0.1, 0.15) is 5.56 Å². The highest BCUT2D eigenvalue weighted by Gasteiger charge is 2.13. The summed E-state index contributed by atoms with van der Waals surface area (Å²) in [6.45, 7) is 2.03. The largest absolute Gasteiger partial charge is 0.492 e. The van der Waals surface area contributed by atoms with E-state index in [9.17, 15) is 0 Å². The zero-order valence-corrected chi connectivity index (χ0v) is 21.5. The topological polar surface area (TPSA) is 88.2 Å². The lowest BCUT2D eigenvalue weighted by atomic mass is 10.1. The second-order valence-corrected chi connectivity index (χ2v) is 9.02. The quantitative estimate of drug-likeness (QED) is 0.234. The molecule has 2 aromatic heterocycles. The van der Waals surface area contributed by atoms with E-state index in [1.54, 1.807) is 12.4 Å². The lowest BCUT2D eigenvalue weighted by molar-refractivity contribution is 0.261. The second kappa shape index (κ2) is 12.0. The highest BCUT2D eigenvalue weighted by atomic mass is 16.5. The van der Waals surface area contributed by atoms with Gasteiger partial charge in [-0.1, -0.05) is 30.3 Å². The molecule has 0 atom stereocenters. The summed E-state index contributed by atoms with van der Waals surface area (Å²) >= 11 is 0. The lowest BCUT2D eigenvalue weighted by Crippen LogP contribution is -2.19. The van der Waals surface area contributed by atoms with Crippen LogP contribution in [0.3, 0.4) is 0 Å². The SMILES string of the molecule is CN(C)CCOc1ccc(Nc2nccc(-c3cn[nH]c3-c3ccc(OCc4ccccc4)cc3)n2)cc1. The fourth-order valence-electron chi connectivity index (χ4n) is 3.84. The summed E-state index contributed by atoms with van der Waals surface area (Å²) in [5, 5.41) is 10.7. The number of aromatic nitrogens is 4. The van der Waals surface area contributed by atoms with Crippen LogP contribution in [0, 0.1) is 0 Å². The zero-order valence-electron chi connectivity index (χ0n) is 21.5. The number of likely N-dealkylation sites (N-methyl/N-ethyl adjacent to an activating group) is 1. The van der Waals surface area contributed by atoms with Crippen molar-refractivity contribution >= 4 is 11.6 Å². The zero-order chi connectivity index (χ0) is 26.2. The molecule has 0 saturated carbocycles. The van der Waals surface area contributed by atoms with E-state index in [0.717, 1.165) is 51.8 Å². The molecule has 38 heavy (non-hydrogen) atoms. The third kappa shape index (κ3) is 6.54. The first kappa shape index (κ1) is 25.0. The van der Waals surface area contributed by atoms with E-state index in [4.69, 9.17) is 14.5 Å². The van der Waals surface area contributed by atoms with E-state index in [2.05, 4.69) is 25.4 Å². The third-order valence-corrected chi connectivity index (χ3v) is 5.88. The van der Waals surface area contributed by atoms with Crippen molar-refractivity contribution in [3.63, 3.8) is 0 Å². The molecule has 8 nitrogen and oxygen atoms in total. The summed E-state index contributed by atoms with van der Waals surface area (Å²) in [6.07, 6.45) is 3.52. The van der Waals surface area contributed by atoms with Crippen molar-refractivity contribution in [2.45, 2.75) is 6.61 Å². The van der Waals surface area contributed by atoms with Crippen LogP contribution in [-0.4, -0.2) is 52.3 Å². The Kier molecular flexibility index (Phi) is 7.91. The van der Waals surface area contributed by atoms with Crippen molar-refractivity contribution in [1.82, 2.24) is 25.1 Å². The molecule has 3 aromatic carbocycles. The summed E-state index contributed by atoms with van der Waals surface area (Å²) in [5.41, 5.74) is 5.52. The highest BCUT2D eigenvalue weighted by Crippen LogP contribution is 2.31. The summed E-state index contributed by atoms with van der Waals surface area (Å²) in [4.78, 5) is 11.2. The average Bonchev–Trinajstić information content (AvgIpc) is 3.44. The van der Waals surface area contributed by atoms with Crippen molar-refractivity contribution in [1.29, 1.82) is 0 Å². The Hall–Kier alpha value is -4.69. The van der Waals surface area contributed by atoms with E-state index in [1.807, 2.05) is 99.0 Å². The van der Waals surface area contributed by atoms with Gasteiger partial charge in [0.25, 0.3) is 0 Å². The Balaban J connectivity index is 1.25. The van der Waals surface area contributed by atoms with Gasteiger partial charge in [-0.2, -0.15) is 5.10 Å². The maximum Gasteiger partial charge on any atom is 0.227 e. The maximum atomic E-state index is 5.92. The number of H-pyrrole nitrogens is 1. The minimum absolute atomic E-state index is 0.501. The van der Waals surface area contributed by atoms with Crippen molar-refractivity contribution in [3.05, 3.63) is 103 Å². The summed E-state index contributed by atoms with van der Waals surface area (Å²) in [6, 6.07) is 27.7. The molecular formula is C30H30N6O2. The fraction of sp³-hybridized carbons (Fsp3) is 0.167. The van der Waals surface area contributed by atoms with Gasteiger partial charge in [-0.25, -0.2) is 9.97 Å². The van der Waals surface area contributed by atoms with Crippen LogP contribution in [0.15, 0.2) is 97.3 Å². The van der Waals surface area contributed by atoms with E-state index >= 15 is 0 Å². The number of anilines is 2. The second-order valence-electron chi connectivity index (χ2n) is 9.02. The van der Waals surface area contributed by atoms with Crippen LogP contribution in [-0.2, 0) is 6.61 Å². The first-order valence-electron chi connectivity index (χ1n) is 12.4. The normalized spacial score (nSPS) is 10.9.